The summed E-state index contributed by atoms with van der Waals surface area (Å²) in [5, 5.41) is 28.1. The van der Waals surface area contributed by atoms with E-state index in [9.17, 15) is 20.3 Å². The zero-order valence-corrected chi connectivity index (χ0v) is 13.4. The highest BCUT2D eigenvalue weighted by atomic mass is 16.5. The predicted molar refractivity (Wildman–Crippen MR) is 91.4 cm³/mol. The van der Waals surface area contributed by atoms with Gasteiger partial charge in [0.05, 0.1) is 0 Å². The molecule has 5 nitrogen and oxygen atoms in total. The average molecular weight is 335 g/mol. The van der Waals surface area contributed by atoms with Crippen molar-refractivity contribution in [1.29, 1.82) is 5.26 Å². The van der Waals surface area contributed by atoms with Crippen LogP contribution in [0.3, 0.4) is 0 Å². The molecular weight excluding hydrogens is 318 g/mol. The largest absolute Gasteiger partial charge is 0.504 e. The number of rotatable bonds is 5. The lowest BCUT2D eigenvalue weighted by molar-refractivity contribution is -0.145. The fourth-order valence-electron chi connectivity index (χ4n) is 2.59. The highest BCUT2D eigenvalue weighted by Crippen LogP contribution is 2.43. The summed E-state index contributed by atoms with van der Waals surface area (Å²) in [5.41, 5.74) is 1.18. The molecule has 5 heteroatoms. The standard InChI is InChI=1S/C20H17NO4/c21-12-16(10-13-6-9-17(22)18(23)11-13)20(24)25-19(15-7-8-15)14-4-2-1-3-5-14/h1-6,9-11,15,19,22-23H,7-8H2. The first-order chi connectivity index (χ1) is 12.1. The Morgan fingerprint density at radius 2 is 1.88 bits per heavy atom. The number of carbonyl (C=O) groups excluding carboxylic acids is 1. The van der Waals surface area contributed by atoms with Crippen molar-refractivity contribution < 1.29 is 19.7 Å². The van der Waals surface area contributed by atoms with E-state index in [0.29, 0.717) is 5.56 Å². The van der Waals surface area contributed by atoms with Crippen molar-refractivity contribution in [2.24, 2.45) is 5.92 Å². The normalized spacial score (nSPS) is 15.2. The molecule has 126 valence electrons. The van der Waals surface area contributed by atoms with Crippen molar-refractivity contribution in [2.75, 3.05) is 0 Å². The van der Waals surface area contributed by atoms with Gasteiger partial charge < -0.3 is 14.9 Å². The van der Waals surface area contributed by atoms with Crippen LogP contribution in [0.5, 0.6) is 11.5 Å². The van der Waals surface area contributed by atoms with E-state index in [1.807, 2.05) is 36.4 Å². The molecule has 0 spiro atoms. The Labute approximate surface area is 145 Å². The first-order valence-electron chi connectivity index (χ1n) is 7.98. The number of nitriles is 1. The number of benzene rings is 2. The van der Waals surface area contributed by atoms with E-state index in [4.69, 9.17) is 4.74 Å². The van der Waals surface area contributed by atoms with Crippen LogP contribution in [0, 0.1) is 17.2 Å². The van der Waals surface area contributed by atoms with Crippen LogP contribution in [0.25, 0.3) is 6.08 Å². The minimum absolute atomic E-state index is 0.160. The number of phenols is 2. The molecule has 1 unspecified atom stereocenters. The molecule has 1 saturated carbocycles. The molecule has 0 bridgehead atoms. The number of ether oxygens (including phenoxy) is 1. The molecule has 2 aromatic rings. The van der Waals surface area contributed by atoms with Gasteiger partial charge in [0.25, 0.3) is 0 Å². The number of esters is 1. The number of hydrogen-bond acceptors (Lipinski definition) is 5. The van der Waals surface area contributed by atoms with Gasteiger partial charge in [0.15, 0.2) is 11.5 Å². The van der Waals surface area contributed by atoms with Crippen molar-refractivity contribution in [3.05, 3.63) is 65.2 Å². The first-order valence-corrected chi connectivity index (χ1v) is 7.98. The van der Waals surface area contributed by atoms with E-state index in [0.717, 1.165) is 18.4 Å². The second kappa shape index (κ2) is 7.10. The third kappa shape index (κ3) is 3.99. The second-order valence-electron chi connectivity index (χ2n) is 5.99. The molecule has 0 aliphatic heterocycles. The summed E-state index contributed by atoms with van der Waals surface area (Å²) >= 11 is 0. The molecule has 1 aliphatic carbocycles. The summed E-state index contributed by atoms with van der Waals surface area (Å²) < 4.78 is 5.60. The van der Waals surface area contributed by atoms with Gasteiger partial charge >= 0.3 is 5.97 Å². The van der Waals surface area contributed by atoms with Crippen LogP contribution in [-0.4, -0.2) is 16.2 Å². The van der Waals surface area contributed by atoms with Crippen LogP contribution < -0.4 is 0 Å². The SMILES string of the molecule is N#CC(=Cc1ccc(O)c(O)c1)C(=O)OC(c1ccccc1)C1CC1. The van der Waals surface area contributed by atoms with Crippen molar-refractivity contribution in [3.63, 3.8) is 0 Å². The van der Waals surface area contributed by atoms with Gasteiger partial charge in [-0.15, -0.1) is 0 Å². The molecule has 0 heterocycles. The molecular formula is C20H17NO4. The Balaban J connectivity index is 1.81. The summed E-state index contributed by atoms with van der Waals surface area (Å²) in [5.74, 6) is -1.00. The number of phenolic OH excluding ortho intramolecular Hbond substituents is 2. The molecule has 0 aromatic heterocycles. The average Bonchev–Trinajstić information content (AvgIpc) is 3.46. The third-order valence-corrected chi connectivity index (χ3v) is 4.06. The van der Waals surface area contributed by atoms with E-state index in [2.05, 4.69) is 0 Å². The number of aromatic hydroxyl groups is 2. The van der Waals surface area contributed by atoms with Crippen LogP contribution in [0.1, 0.15) is 30.1 Å². The van der Waals surface area contributed by atoms with Crippen LogP contribution >= 0.6 is 0 Å². The van der Waals surface area contributed by atoms with Crippen molar-refractivity contribution >= 4 is 12.0 Å². The summed E-state index contributed by atoms with van der Waals surface area (Å²) in [7, 11) is 0. The van der Waals surface area contributed by atoms with E-state index in [1.54, 1.807) is 0 Å². The maximum atomic E-state index is 12.4. The van der Waals surface area contributed by atoms with Gasteiger partial charge in [0.2, 0.25) is 0 Å². The molecule has 25 heavy (non-hydrogen) atoms. The molecule has 0 radical (unpaired) electrons. The predicted octanol–water partition coefficient (Wildman–Crippen LogP) is 3.70. The summed E-state index contributed by atoms with van der Waals surface area (Å²) in [6.07, 6.45) is 2.95. The maximum Gasteiger partial charge on any atom is 0.349 e. The lowest BCUT2D eigenvalue weighted by Gasteiger charge is -2.17. The van der Waals surface area contributed by atoms with Gasteiger partial charge in [-0.2, -0.15) is 5.26 Å². The second-order valence-corrected chi connectivity index (χ2v) is 5.99. The van der Waals surface area contributed by atoms with Crippen molar-refractivity contribution in [2.45, 2.75) is 18.9 Å². The van der Waals surface area contributed by atoms with Crippen LogP contribution in [0.2, 0.25) is 0 Å². The minimum atomic E-state index is -0.698. The Kier molecular flexibility index (Phi) is 4.71. The first kappa shape index (κ1) is 16.6. The molecule has 1 aliphatic rings. The molecule has 3 rings (SSSR count). The van der Waals surface area contributed by atoms with E-state index < -0.39 is 5.97 Å². The quantitative estimate of drug-likeness (QED) is 0.376. The molecule has 0 amide bonds. The topological polar surface area (TPSA) is 90.5 Å². The molecule has 2 N–H and O–H groups in total. The summed E-state index contributed by atoms with van der Waals surface area (Å²) in [6, 6.07) is 15.4. The minimum Gasteiger partial charge on any atom is -0.504 e. The number of carbonyl (C=O) groups is 1. The Morgan fingerprint density at radius 1 is 1.16 bits per heavy atom. The Hall–Kier alpha value is -3.26. The van der Waals surface area contributed by atoms with Crippen LogP contribution in [-0.2, 0) is 9.53 Å². The lowest BCUT2D eigenvalue weighted by atomic mass is 10.1. The van der Waals surface area contributed by atoms with Gasteiger partial charge in [-0.05, 0) is 42.2 Å². The number of hydrogen-bond donors (Lipinski definition) is 2. The lowest BCUT2D eigenvalue weighted by Crippen LogP contribution is -2.14. The fourth-order valence-corrected chi connectivity index (χ4v) is 2.59. The fraction of sp³-hybridized carbons (Fsp3) is 0.200. The zero-order valence-electron chi connectivity index (χ0n) is 13.4. The zero-order chi connectivity index (χ0) is 17.8. The molecule has 1 fully saturated rings. The van der Waals surface area contributed by atoms with E-state index >= 15 is 0 Å². The smallest absolute Gasteiger partial charge is 0.349 e. The molecule has 2 aromatic carbocycles. The summed E-state index contributed by atoms with van der Waals surface area (Å²) in [6.45, 7) is 0. The Morgan fingerprint density at radius 3 is 2.48 bits per heavy atom. The van der Waals surface area contributed by atoms with Gasteiger partial charge in [-0.1, -0.05) is 36.4 Å². The molecule has 1 atom stereocenters. The molecule has 0 saturated heterocycles. The van der Waals surface area contributed by atoms with E-state index in [-0.39, 0.29) is 29.1 Å². The van der Waals surface area contributed by atoms with Crippen molar-refractivity contribution in [1.82, 2.24) is 0 Å². The van der Waals surface area contributed by atoms with Crippen LogP contribution in [0.15, 0.2) is 54.1 Å². The highest BCUT2D eigenvalue weighted by molar-refractivity contribution is 5.98. The Bertz CT molecular complexity index is 848. The van der Waals surface area contributed by atoms with Gasteiger partial charge in [-0.25, -0.2) is 4.79 Å². The number of nitrogens with zero attached hydrogens (tertiary/aromatic N) is 1. The van der Waals surface area contributed by atoms with E-state index in [1.165, 1.54) is 24.3 Å². The van der Waals surface area contributed by atoms with Gasteiger partial charge in [-0.3, -0.25) is 0 Å². The highest BCUT2D eigenvalue weighted by Gasteiger charge is 2.35. The van der Waals surface area contributed by atoms with Gasteiger partial charge in [0, 0.05) is 5.92 Å². The maximum absolute atomic E-state index is 12.4. The van der Waals surface area contributed by atoms with Crippen molar-refractivity contribution in [3.8, 4) is 17.6 Å². The summed E-state index contributed by atoms with van der Waals surface area (Å²) in [4.78, 5) is 12.4. The third-order valence-electron chi connectivity index (χ3n) is 4.06. The van der Waals surface area contributed by atoms with Crippen LogP contribution in [0.4, 0.5) is 0 Å². The monoisotopic (exact) mass is 335 g/mol. The van der Waals surface area contributed by atoms with Gasteiger partial charge in [0.1, 0.15) is 17.7 Å².